The zero-order valence-corrected chi connectivity index (χ0v) is 11.9. The SMILES string of the molecule is Cc1nsc(NCC2CSCCS2)c1C(=O)O. The van der Waals surface area contributed by atoms with Gasteiger partial charge in [-0.25, -0.2) is 4.79 Å². The number of carboxylic acid groups (broad SMARTS) is 1. The second-order valence-electron chi connectivity index (χ2n) is 3.73. The van der Waals surface area contributed by atoms with E-state index in [1.54, 1.807) is 6.92 Å². The molecular weight excluding hydrogens is 276 g/mol. The smallest absolute Gasteiger partial charge is 0.340 e. The van der Waals surface area contributed by atoms with E-state index < -0.39 is 5.97 Å². The van der Waals surface area contributed by atoms with Crippen LogP contribution >= 0.6 is 35.1 Å². The molecule has 0 aliphatic carbocycles. The summed E-state index contributed by atoms with van der Waals surface area (Å²) < 4.78 is 4.09. The zero-order chi connectivity index (χ0) is 12.3. The summed E-state index contributed by atoms with van der Waals surface area (Å²) in [5.74, 6) is 2.65. The third-order valence-corrected chi connectivity index (χ3v) is 6.19. The van der Waals surface area contributed by atoms with Gasteiger partial charge in [-0.15, -0.1) is 0 Å². The van der Waals surface area contributed by atoms with Gasteiger partial charge < -0.3 is 10.4 Å². The first kappa shape index (κ1) is 13.0. The molecule has 1 atom stereocenters. The van der Waals surface area contributed by atoms with Crippen LogP contribution in [-0.2, 0) is 0 Å². The fourth-order valence-electron chi connectivity index (χ4n) is 1.60. The zero-order valence-electron chi connectivity index (χ0n) is 9.43. The molecular formula is C10H14N2O2S3. The first-order valence-electron chi connectivity index (χ1n) is 5.31. The summed E-state index contributed by atoms with van der Waals surface area (Å²) in [4.78, 5) is 11.1. The van der Waals surface area contributed by atoms with E-state index >= 15 is 0 Å². The lowest BCUT2D eigenvalue weighted by Crippen LogP contribution is -2.23. The molecule has 2 heterocycles. The van der Waals surface area contributed by atoms with Crippen LogP contribution < -0.4 is 5.32 Å². The van der Waals surface area contributed by atoms with Crippen molar-refractivity contribution in [3.63, 3.8) is 0 Å². The molecule has 1 saturated heterocycles. The Labute approximate surface area is 113 Å². The van der Waals surface area contributed by atoms with Gasteiger partial charge in [0.05, 0.1) is 5.69 Å². The molecule has 4 nitrogen and oxygen atoms in total. The first-order valence-corrected chi connectivity index (χ1v) is 8.29. The van der Waals surface area contributed by atoms with Crippen molar-refractivity contribution >= 4 is 46.0 Å². The van der Waals surface area contributed by atoms with Gasteiger partial charge in [0.1, 0.15) is 10.6 Å². The third-order valence-electron chi connectivity index (χ3n) is 2.45. The quantitative estimate of drug-likeness (QED) is 0.888. The van der Waals surface area contributed by atoms with E-state index in [4.69, 9.17) is 5.11 Å². The van der Waals surface area contributed by atoms with Crippen molar-refractivity contribution in [2.75, 3.05) is 29.1 Å². The maximum Gasteiger partial charge on any atom is 0.340 e. The van der Waals surface area contributed by atoms with Crippen molar-refractivity contribution in [1.82, 2.24) is 4.37 Å². The molecule has 1 aromatic heterocycles. The maximum absolute atomic E-state index is 11.1. The van der Waals surface area contributed by atoms with E-state index in [0.29, 0.717) is 21.5 Å². The molecule has 0 bridgehead atoms. The number of nitrogens with one attached hydrogen (secondary N) is 1. The number of anilines is 1. The van der Waals surface area contributed by atoms with Gasteiger partial charge >= 0.3 is 5.97 Å². The van der Waals surface area contributed by atoms with Crippen molar-refractivity contribution in [2.45, 2.75) is 12.2 Å². The lowest BCUT2D eigenvalue weighted by atomic mass is 10.2. The number of aryl methyl sites for hydroxylation is 1. The number of carboxylic acids is 1. The Morgan fingerprint density at radius 3 is 3.06 bits per heavy atom. The van der Waals surface area contributed by atoms with Crippen LogP contribution in [0.5, 0.6) is 0 Å². The minimum atomic E-state index is -0.899. The minimum absolute atomic E-state index is 0.323. The highest BCUT2D eigenvalue weighted by molar-refractivity contribution is 8.06. The van der Waals surface area contributed by atoms with E-state index in [-0.39, 0.29) is 0 Å². The predicted octanol–water partition coefficient (Wildman–Crippen LogP) is 2.41. The lowest BCUT2D eigenvalue weighted by molar-refractivity contribution is 0.0697. The lowest BCUT2D eigenvalue weighted by Gasteiger charge is -2.21. The number of thioether (sulfide) groups is 2. The van der Waals surface area contributed by atoms with Gasteiger partial charge in [0.25, 0.3) is 0 Å². The maximum atomic E-state index is 11.1. The van der Waals surface area contributed by atoms with Gasteiger partial charge in [-0.1, -0.05) is 0 Å². The van der Waals surface area contributed by atoms with Gasteiger partial charge in [-0.3, -0.25) is 0 Å². The number of rotatable bonds is 4. The van der Waals surface area contributed by atoms with Crippen LogP contribution in [-0.4, -0.2) is 44.5 Å². The van der Waals surface area contributed by atoms with Crippen molar-refractivity contribution in [3.05, 3.63) is 11.3 Å². The van der Waals surface area contributed by atoms with Crippen molar-refractivity contribution in [3.8, 4) is 0 Å². The molecule has 1 aliphatic rings. The van der Waals surface area contributed by atoms with E-state index in [9.17, 15) is 4.79 Å². The van der Waals surface area contributed by atoms with Gasteiger partial charge in [-0.2, -0.15) is 27.9 Å². The molecule has 1 aliphatic heterocycles. The van der Waals surface area contributed by atoms with Crippen LogP contribution in [0.25, 0.3) is 0 Å². The standard InChI is InChI=1S/C10H14N2O2S3/c1-6-8(10(13)14)9(17-12-6)11-4-7-5-15-2-3-16-7/h7,11H,2-5H2,1H3,(H,13,14). The van der Waals surface area contributed by atoms with Crippen LogP contribution in [0.4, 0.5) is 5.00 Å². The monoisotopic (exact) mass is 290 g/mol. The molecule has 0 aromatic carbocycles. The summed E-state index contributed by atoms with van der Waals surface area (Å²) in [6.07, 6.45) is 0. The minimum Gasteiger partial charge on any atom is -0.478 e. The fourth-order valence-corrected chi connectivity index (χ4v) is 5.01. The second-order valence-corrected chi connectivity index (χ2v) is 7.06. The Hall–Kier alpha value is -0.400. The molecule has 1 aromatic rings. The van der Waals surface area contributed by atoms with Gasteiger partial charge in [-0.05, 0) is 18.5 Å². The Morgan fingerprint density at radius 1 is 1.59 bits per heavy atom. The van der Waals surface area contributed by atoms with Crippen LogP contribution in [0.15, 0.2) is 0 Å². The van der Waals surface area contributed by atoms with Crippen molar-refractivity contribution < 1.29 is 9.90 Å². The summed E-state index contributed by atoms with van der Waals surface area (Å²) >= 11 is 5.16. The van der Waals surface area contributed by atoms with Gasteiger partial charge in [0.2, 0.25) is 0 Å². The number of hydrogen-bond acceptors (Lipinski definition) is 6. The summed E-state index contributed by atoms with van der Waals surface area (Å²) in [6, 6.07) is 0. The average molecular weight is 290 g/mol. The molecule has 0 saturated carbocycles. The first-order chi connectivity index (χ1) is 8.18. The van der Waals surface area contributed by atoms with Gasteiger partial charge in [0.15, 0.2) is 0 Å². The Kier molecular flexibility index (Phi) is 4.58. The van der Waals surface area contributed by atoms with E-state index in [1.807, 2.05) is 23.5 Å². The summed E-state index contributed by atoms with van der Waals surface area (Å²) in [5, 5.41) is 13.6. The fraction of sp³-hybridized carbons (Fsp3) is 0.600. The molecule has 0 amide bonds. The number of carbonyl (C=O) groups is 1. The van der Waals surface area contributed by atoms with Crippen molar-refractivity contribution in [1.29, 1.82) is 0 Å². The largest absolute Gasteiger partial charge is 0.478 e. The molecule has 0 spiro atoms. The molecule has 1 fully saturated rings. The third kappa shape index (κ3) is 3.29. The Balaban J connectivity index is 1.96. The summed E-state index contributed by atoms with van der Waals surface area (Å²) in [5.41, 5.74) is 0.916. The Bertz CT molecular complexity index is 402. The van der Waals surface area contributed by atoms with Crippen LogP contribution in [0.1, 0.15) is 16.1 Å². The molecule has 17 heavy (non-hydrogen) atoms. The van der Waals surface area contributed by atoms with Crippen LogP contribution in [0.2, 0.25) is 0 Å². The average Bonchev–Trinajstić information content (AvgIpc) is 2.69. The van der Waals surface area contributed by atoms with E-state index in [1.165, 1.54) is 23.0 Å². The molecule has 1 unspecified atom stereocenters. The number of hydrogen-bond donors (Lipinski definition) is 2. The predicted molar refractivity (Wildman–Crippen MR) is 75.9 cm³/mol. The summed E-state index contributed by atoms with van der Waals surface area (Å²) in [7, 11) is 0. The molecule has 7 heteroatoms. The highest BCUT2D eigenvalue weighted by atomic mass is 32.2. The van der Waals surface area contributed by atoms with Crippen LogP contribution in [0.3, 0.4) is 0 Å². The van der Waals surface area contributed by atoms with Crippen LogP contribution in [0, 0.1) is 6.92 Å². The number of aromatic carboxylic acids is 1. The number of nitrogens with zero attached hydrogens (tertiary/aromatic N) is 1. The van der Waals surface area contributed by atoms with E-state index in [0.717, 1.165) is 12.3 Å². The van der Waals surface area contributed by atoms with Crippen molar-refractivity contribution in [2.24, 2.45) is 0 Å². The topological polar surface area (TPSA) is 62.2 Å². The molecule has 2 N–H and O–H groups in total. The second kappa shape index (κ2) is 5.97. The molecule has 94 valence electrons. The highest BCUT2D eigenvalue weighted by Gasteiger charge is 2.19. The van der Waals surface area contributed by atoms with Gasteiger partial charge in [0, 0.05) is 29.1 Å². The molecule has 2 rings (SSSR count). The summed E-state index contributed by atoms with van der Waals surface area (Å²) in [6.45, 7) is 2.55. The molecule has 0 radical (unpaired) electrons. The normalized spacial score (nSPS) is 20.2. The number of aromatic nitrogens is 1. The van der Waals surface area contributed by atoms with E-state index in [2.05, 4.69) is 9.69 Å². The highest BCUT2D eigenvalue weighted by Crippen LogP contribution is 2.27. The Morgan fingerprint density at radius 2 is 2.41 bits per heavy atom.